The monoisotopic (exact) mass is 412 g/mol. The van der Waals surface area contributed by atoms with Crippen LogP contribution >= 0.6 is 11.6 Å². The number of ether oxygens (including phenoxy) is 2. The summed E-state index contributed by atoms with van der Waals surface area (Å²) in [5, 5.41) is 0.610. The van der Waals surface area contributed by atoms with E-state index in [1.807, 2.05) is 18.3 Å². The summed E-state index contributed by atoms with van der Waals surface area (Å²) in [5.41, 5.74) is 8.54. The van der Waals surface area contributed by atoms with Crippen molar-refractivity contribution in [3.8, 4) is 16.9 Å². The molecule has 29 heavy (non-hydrogen) atoms. The van der Waals surface area contributed by atoms with Gasteiger partial charge in [-0.05, 0) is 57.1 Å². The lowest BCUT2D eigenvalue weighted by Gasteiger charge is -2.49. The van der Waals surface area contributed by atoms with Crippen molar-refractivity contribution in [3.63, 3.8) is 0 Å². The Bertz CT molecular complexity index is 979. The maximum Gasteiger partial charge on any atom is 0.283 e. The molecule has 0 bridgehead atoms. The molecule has 7 heteroatoms. The van der Waals surface area contributed by atoms with E-state index in [2.05, 4.69) is 36.1 Å². The average Bonchev–Trinajstić information content (AvgIpc) is 3.10. The number of aromatic nitrogens is 1. The van der Waals surface area contributed by atoms with Crippen LogP contribution in [0.2, 0.25) is 5.02 Å². The molecule has 1 aliphatic carbocycles. The highest BCUT2D eigenvalue weighted by molar-refractivity contribution is 6.30. The van der Waals surface area contributed by atoms with Crippen LogP contribution in [0, 0.1) is 5.92 Å². The van der Waals surface area contributed by atoms with Crippen LogP contribution in [0.25, 0.3) is 11.1 Å². The molecule has 0 saturated heterocycles. The third-order valence-electron chi connectivity index (χ3n) is 6.62. The molecule has 5 rings (SSSR count). The number of fused-ring (bicyclic) bond motifs is 4. The van der Waals surface area contributed by atoms with Gasteiger partial charge in [-0.1, -0.05) is 17.7 Å². The van der Waals surface area contributed by atoms with Gasteiger partial charge >= 0.3 is 0 Å². The zero-order valence-corrected chi connectivity index (χ0v) is 17.4. The van der Waals surface area contributed by atoms with Gasteiger partial charge in [-0.2, -0.15) is 0 Å². The Balaban J connectivity index is 1.63. The predicted molar refractivity (Wildman–Crippen MR) is 113 cm³/mol. The maximum absolute atomic E-state index is 6.47. The number of pyridine rings is 1. The number of nitrogens with two attached hydrogens (primary N) is 1. The Morgan fingerprint density at radius 2 is 2.03 bits per heavy atom. The molecule has 3 heterocycles. The largest absolute Gasteiger partial charge is 0.490 e. The van der Waals surface area contributed by atoms with E-state index in [1.165, 1.54) is 0 Å². The molecule has 1 aromatic carbocycles. The minimum Gasteiger partial charge on any atom is -0.490 e. The molecule has 4 atom stereocenters. The lowest BCUT2D eigenvalue weighted by atomic mass is 9.67. The highest BCUT2D eigenvalue weighted by Gasteiger charge is 2.55. The summed E-state index contributed by atoms with van der Waals surface area (Å²) < 4.78 is 12.2. The van der Waals surface area contributed by atoms with Crippen LogP contribution in [0.15, 0.2) is 41.7 Å². The standard InChI is InChI=1S/C22H25ClN4O2/c1-27(2)16-4-6-20-18(9-16)22(12-28-21(24)26-22)17-8-13(3-5-19(17)29-20)14-7-15(23)11-25-10-14/h3,5,7-8,10-11,16,18,20H,4,6,9,12H2,1-2H3,(H2,24,26)/t16-,18+,20?,22?/m1/s1. The molecule has 2 unspecified atom stereocenters. The zero-order chi connectivity index (χ0) is 20.2. The second-order valence-electron chi connectivity index (χ2n) is 8.46. The van der Waals surface area contributed by atoms with E-state index in [0.29, 0.717) is 17.7 Å². The number of halogens is 1. The Hall–Kier alpha value is -2.31. The Morgan fingerprint density at radius 1 is 1.17 bits per heavy atom. The lowest BCUT2D eigenvalue weighted by molar-refractivity contribution is -0.0155. The molecule has 2 N–H and O–H groups in total. The minimum absolute atomic E-state index is 0.121. The van der Waals surface area contributed by atoms with Gasteiger partial charge in [0.25, 0.3) is 6.02 Å². The third-order valence-corrected chi connectivity index (χ3v) is 6.82. The lowest BCUT2D eigenvalue weighted by Crippen LogP contribution is -2.53. The molecule has 2 aromatic rings. The molecule has 1 saturated carbocycles. The van der Waals surface area contributed by atoms with Crippen molar-refractivity contribution < 1.29 is 9.47 Å². The summed E-state index contributed by atoms with van der Waals surface area (Å²) in [7, 11) is 4.28. The SMILES string of the molecule is CN(C)[C@@H]1CCC2Oc3ccc(-c4cncc(Cl)c4)cc3C3(COC(N)=N3)[C@H]2C1. The van der Waals surface area contributed by atoms with Gasteiger partial charge in [0.1, 0.15) is 24.0 Å². The number of nitrogens with zero attached hydrogens (tertiary/aromatic N) is 3. The Labute approximate surface area is 175 Å². The first kappa shape index (κ1) is 18.7. The first-order chi connectivity index (χ1) is 14.0. The molecular weight excluding hydrogens is 388 g/mol. The van der Waals surface area contributed by atoms with Crippen LogP contribution in [-0.2, 0) is 10.3 Å². The fourth-order valence-corrected chi connectivity index (χ4v) is 5.26. The highest BCUT2D eigenvalue weighted by atomic mass is 35.5. The van der Waals surface area contributed by atoms with Gasteiger partial charge in [0.15, 0.2) is 0 Å². The molecule has 2 aliphatic heterocycles. The van der Waals surface area contributed by atoms with Crippen molar-refractivity contribution in [1.29, 1.82) is 0 Å². The molecule has 0 amide bonds. The third kappa shape index (κ3) is 3.06. The molecule has 3 aliphatic rings. The molecule has 1 aromatic heterocycles. The maximum atomic E-state index is 6.47. The smallest absolute Gasteiger partial charge is 0.283 e. The fraction of sp³-hybridized carbons (Fsp3) is 0.455. The number of hydrogen-bond donors (Lipinski definition) is 1. The van der Waals surface area contributed by atoms with Crippen molar-refractivity contribution in [2.45, 2.75) is 36.9 Å². The van der Waals surface area contributed by atoms with Crippen molar-refractivity contribution in [2.75, 3.05) is 20.7 Å². The van der Waals surface area contributed by atoms with Crippen LogP contribution in [0.3, 0.4) is 0 Å². The van der Waals surface area contributed by atoms with Gasteiger partial charge in [0.2, 0.25) is 0 Å². The number of amidine groups is 1. The molecule has 0 radical (unpaired) electrons. The molecular formula is C22H25ClN4O2. The minimum atomic E-state index is -0.515. The summed E-state index contributed by atoms with van der Waals surface area (Å²) in [6.07, 6.45) is 6.70. The molecule has 152 valence electrons. The van der Waals surface area contributed by atoms with Gasteiger partial charge in [0.05, 0.1) is 5.02 Å². The molecule has 6 nitrogen and oxygen atoms in total. The van der Waals surface area contributed by atoms with Crippen LogP contribution in [0.4, 0.5) is 0 Å². The second kappa shape index (κ2) is 6.89. The van der Waals surface area contributed by atoms with E-state index >= 15 is 0 Å². The summed E-state index contributed by atoms with van der Waals surface area (Å²) in [4.78, 5) is 11.4. The van der Waals surface area contributed by atoms with Crippen LogP contribution in [0.5, 0.6) is 5.75 Å². The van der Waals surface area contributed by atoms with Crippen LogP contribution < -0.4 is 10.5 Å². The highest BCUT2D eigenvalue weighted by Crippen LogP contribution is 2.53. The van der Waals surface area contributed by atoms with Gasteiger partial charge in [-0.25, -0.2) is 4.99 Å². The molecule has 1 fully saturated rings. The number of rotatable bonds is 2. The first-order valence-electron chi connectivity index (χ1n) is 10.0. The average molecular weight is 413 g/mol. The Kier molecular flexibility index (Phi) is 4.44. The number of hydrogen-bond acceptors (Lipinski definition) is 6. The van der Waals surface area contributed by atoms with Gasteiger partial charge in [0, 0.05) is 35.5 Å². The van der Waals surface area contributed by atoms with E-state index < -0.39 is 5.54 Å². The number of benzene rings is 1. The predicted octanol–water partition coefficient (Wildman–Crippen LogP) is 3.43. The summed E-state index contributed by atoms with van der Waals surface area (Å²) in [6.45, 7) is 0.452. The second-order valence-corrected chi connectivity index (χ2v) is 8.90. The molecule has 1 spiro atoms. The quantitative estimate of drug-likeness (QED) is 0.818. The van der Waals surface area contributed by atoms with Gasteiger partial charge < -0.3 is 20.1 Å². The summed E-state index contributed by atoms with van der Waals surface area (Å²) in [5.74, 6) is 1.08. The number of aliphatic imine (C=N–C) groups is 1. The first-order valence-corrected chi connectivity index (χ1v) is 10.4. The van der Waals surface area contributed by atoms with E-state index in [1.54, 1.807) is 6.20 Å². The zero-order valence-electron chi connectivity index (χ0n) is 16.6. The van der Waals surface area contributed by atoms with Gasteiger partial charge in [-0.3, -0.25) is 4.98 Å². The van der Waals surface area contributed by atoms with Crippen molar-refractivity contribution in [2.24, 2.45) is 16.6 Å². The van der Waals surface area contributed by atoms with E-state index in [4.69, 9.17) is 31.8 Å². The summed E-state index contributed by atoms with van der Waals surface area (Å²) in [6, 6.07) is 8.90. The van der Waals surface area contributed by atoms with Crippen molar-refractivity contribution in [1.82, 2.24) is 9.88 Å². The van der Waals surface area contributed by atoms with E-state index in [-0.39, 0.29) is 18.0 Å². The topological polar surface area (TPSA) is 73.0 Å². The van der Waals surface area contributed by atoms with Crippen molar-refractivity contribution in [3.05, 3.63) is 47.2 Å². The normalized spacial score (nSPS) is 30.3. The van der Waals surface area contributed by atoms with Crippen molar-refractivity contribution >= 4 is 17.6 Å². The van der Waals surface area contributed by atoms with E-state index in [0.717, 1.165) is 41.7 Å². The summed E-state index contributed by atoms with van der Waals surface area (Å²) >= 11 is 6.16. The van der Waals surface area contributed by atoms with Crippen LogP contribution in [0.1, 0.15) is 24.8 Å². The van der Waals surface area contributed by atoms with E-state index in [9.17, 15) is 0 Å². The van der Waals surface area contributed by atoms with Crippen LogP contribution in [-0.4, -0.2) is 48.8 Å². The Morgan fingerprint density at radius 3 is 2.76 bits per heavy atom. The fourth-order valence-electron chi connectivity index (χ4n) is 5.09. The van der Waals surface area contributed by atoms with Gasteiger partial charge in [-0.15, -0.1) is 0 Å².